The van der Waals surface area contributed by atoms with Gasteiger partial charge in [-0.15, -0.1) is 10.2 Å². The van der Waals surface area contributed by atoms with Crippen LogP contribution in [0.2, 0.25) is 0 Å². The molecule has 1 saturated carbocycles. The van der Waals surface area contributed by atoms with Crippen LogP contribution in [-0.4, -0.2) is 33.7 Å². The van der Waals surface area contributed by atoms with Crippen LogP contribution in [-0.2, 0) is 4.79 Å². The van der Waals surface area contributed by atoms with Crippen LogP contribution in [0.15, 0.2) is 8.68 Å². The molecule has 1 N–H and O–H groups in total. The van der Waals surface area contributed by atoms with Crippen LogP contribution in [0.3, 0.4) is 0 Å². The van der Waals surface area contributed by atoms with E-state index in [-0.39, 0.29) is 5.91 Å². The van der Waals surface area contributed by atoms with E-state index in [1.165, 1.54) is 24.6 Å². The minimum Gasteiger partial charge on any atom is -0.353 e. The smallest absolute Gasteiger partial charge is 0.230 e. The van der Waals surface area contributed by atoms with E-state index in [1.54, 1.807) is 23.1 Å². The van der Waals surface area contributed by atoms with E-state index >= 15 is 0 Å². The predicted octanol–water partition coefficient (Wildman–Crippen LogP) is 3.44. The number of thioether (sulfide) groups is 2. The van der Waals surface area contributed by atoms with Crippen molar-refractivity contribution in [2.75, 3.05) is 11.5 Å². The third-order valence-electron chi connectivity index (χ3n) is 3.36. The fourth-order valence-corrected chi connectivity index (χ4v) is 4.97. The van der Waals surface area contributed by atoms with E-state index in [2.05, 4.69) is 29.4 Å². The molecule has 7 heteroatoms. The summed E-state index contributed by atoms with van der Waals surface area (Å²) in [6, 6.07) is 0.375. The Bertz CT molecular complexity index is 430. The van der Waals surface area contributed by atoms with Crippen molar-refractivity contribution in [2.45, 2.75) is 54.3 Å². The highest BCUT2D eigenvalue weighted by atomic mass is 32.2. The van der Waals surface area contributed by atoms with Crippen molar-refractivity contribution in [1.29, 1.82) is 0 Å². The zero-order valence-corrected chi connectivity index (χ0v) is 14.4. The molecule has 0 unspecified atom stereocenters. The highest BCUT2D eigenvalue weighted by Crippen LogP contribution is 2.28. The number of hydrogen-bond donors (Lipinski definition) is 1. The van der Waals surface area contributed by atoms with Crippen molar-refractivity contribution in [1.82, 2.24) is 15.5 Å². The van der Waals surface area contributed by atoms with E-state index in [1.807, 2.05) is 0 Å². The molecule has 0 saturated heterocycles. The third-order valence-corrected chi connectivity index (χ3v) is 6.44. The quantitative estimate of drug-likeness (QED) is 0.809. The average Bonchev–Trinajstić information content (AvgIpc) is 2.87. The van der Waals surface area contributed by atoms with Crippen molar-refractivity contribution in [3.8, 4) is 0 Å². The maximum Gasteiger partial charge on any atom is 0.230 e. The van der Waals surface area contributed by atoms with Crippen LogP contribution < -0.4 is 5.32 Å². The Morgan fingerprint density at radius 1 is 1.25 bits per heavy atom. The summed E-state index contributed by atoms with van der Waals surface area (Å²) in [6.07, 6.45) is 4.69. The van der Waals surface area contributed by atoms with Crippen molar-refractivity contribution < 1.29 is 4.79 Å². The maximum absolute atomic E-state index is 11.9. The van der Waals surface area contributed by atoms with Gasteiger partial charge in [0.25, 0.3) is 0 Å². The lowest BCUT2D eigenvalue weighted by molar-refractivity contribution is -0.119. The number of aromatic nitrogens is 2. The van der Waals surface area contributed by atoms with Gasteiger partial charge in [-0.1, -0.05) is 48.7 Å². The zero-order valence-electron chi connectivity index (χ0n) is 11.9. The molecule has 20 heavy (non-hydrogen) atoms. The molecule has 0 aliphatic heterocycles. The monoisotopic (exact) mass is 331 g/mol. The Labute approximate surface area is 132 Å². The second kappa shape index (κ2) is 8.24. The molecule has 1 aliphatic carbocycles. The van der Waals surface area contributed by atoms with E-state index < -0.39 is 0 Å². The molecule has 1 amide bonds. The van der Waals surface area contributed by atoms with Gasteiger partial charge in [0, 0.05) is 6.04 Å². The number of nitrogens with zero attached hydrogens (tertiary/aromatic N) is 2. The highest BCUT2D eigenvalue weighted by Gasteiger charge is 2.19. The van der Waals surface area contributed by atoms with Gasteiger partial charge < -0.3 is 5.32 Å². The fraction of sp³-hybridized carbons (Fsp3) is 0.769. The second-order valence-corrected chi connectivity index (χ2v) is 8.79. The molecule has 0 bridgehead atoms. The van der Waals surface area contributed by atoms with E-state index in [9.17, 15) is 4.79 Å². The largest absolute Gasteiger partial charge is 0.353 e. The van der Waals surface area contributed by atoms with Gasteiger partial charge in [0.2, 0.25) is 5.91 Å². The molecule has 0 atom stereocenters. The average molecular weight is 332 g/mol. The van der Waals surface area contributed by atoms with Gasteiger partial charge in [-0.05, 0) is 37.4 Å². The normalized spacial score (nSPS) is 22.7. The van der Waals surface area contributed by atoms with Gasteiger partial charge in [-0.3, -0.25) is 4.79 Å². The molecule has 1 aromatic rings. The van der Waals surface area contributed by atoms with Crippen LogP contribution in [0, 0.1) is 5.92 Å². The van der Waals surface area contributed by atoms with Crippen LogP contribution in [0.4, 0.5) is 0 Å². The molecule has 4 nitrogen and oxygen atoms in total. The van der Waals surface area contributed by atoms with Gasteiger partial charge in [0.15, 0.2) is 8.68 Å². The number of carbonyl (C=O) groups excluding carboxylic acids is 1. The molecule has 1 aliphatic rings. The SMILES string of the molecule is CCSc1nnc(SCC(=O)NC2CCC(C)CC2)s1. The molecule has 0 aromatic carbocycles. The van der Waals surface area contributed by atoms with Crippen LogP contribution >= 0.6 is 34.9 Å². The summed E-state index contributed by atoms with van der Waals surface area (Å²) in [5.41, 5.74) is 0. The molecule has 2 rings (SSSR count). The number of nitrogens with one attached hydrogen (secondary N) is 1. The third kappa shape index (κ3) is 5.26. The Morgan fingerprint density at radius 2 is 1.90 bits per heavy atom. The predicted molar refractivity (Wildman–Crippen MR) is 86.6 cm³/mol. The first-order chi connectivity index (χ1) is 9.67. The van der Waals surface area contributed by atoms with Crippen LogP contribution in [0.5, 0.6) is 0 Å². The minimum absolute atomic E-state index is 0.120. The standard InChI is InChI=1S/C13H21N3OS3/c1-3-18-12-15-16-13(20-12)19-8-11(17)14-10-6-4-9(2)5-7-10/h9-10H,3-8H2,1-2H3,(H,14,17). The van der Waals surface area contributed by atoms with E-state index in [4.69, 9.17) is 0 Å². The number of amides is 1. The summed E-state index contributed by atoms with van der Waals surface area (Å²) in [4.78, 5) is 11.9. The minimum atomic E-state index is 0.120. The molecule has 1 fully saturated rings. The lowest BCUT2D eigenvalue weighted by atomic mass is 9.87. The first-order valence-electron chi connectivity index (χ1n) is 7.05. The number of carbonyl (C=O) groups is 1. The highest BCUT2D eigenvalue weighted by molar-refractivity contribution is 8.03. The Hall–Kier alpha value is -0.270. The second-order valence-electron chi connectivity index (χ2n) is 5.08. The van der Waals surface area contributed by atoms with Gasteiger partial charge in [-0.25, -0.2) is 0 Å². The Morgan fingerprint density at radius 3 is 2.55 bits per heavy atom. The van der Waals surface area contributed by atoms with Crippen LogP contribution in [0.25, 0.3) is 0 Å². The first kappa shape index (κ1) is 16.1. The summed E-state index contributed by atoms with van der Waals surface area (Å²) >= 11 is 4.74. The summed E-state index contributed by atoms with van der Waals surface area (Å²) in [5, 5.41) is 11.3. The Balaban J connectivity index is 1.69. The first-order valence-corrected chi connectivity index (χ1v) is 9.84. The van der Waals surface area contributed by atoms with E-state index in [0.29, 0.717) is 11.8 Å². The number of hydrogen-bond acceptors (Lipinski definition) is 6. The lowest BCUT2D eigenvalue weighted by Crippen LogP contribution is -2.38. The molecular weight excluding hydrogens is 310 g/mol. The van der Waals surface area contributed by atoms with Gasteiger partial charge in [-0.2, -0.15) is 0 Å². The fourth-order valence-electron chi connectivity index (χ4n) is 2.24. The van der Waals surface area contributed by atoms with Crippen LogP contribution in [0.1, 0.15) is 39.5 Å². The molecule has 0 spiro atoms. The van der Waals surface area contributed by atoms with Gasteiger partial charge >= 0.3 is 0 Å². The molecule has 112 valence electrons. The van der Waals surface area contributed by atoms with Gasteiger partial charge in [0.05, 0.1) is 5.75 Å². The van der Waals surface area contributed by atoms with E-state index in [0.717, 1.165) is 33.2 Å². The molecular formula is C13H21N3OS3. The van der Waals surface area contributed by atoms with Crippen molar-refractivity contribution in [2.24, 2.45) is 5.92 Å². The maximum atomic E-state index is 11.9. The molecule has 0 radical (unpaired) electrons. The Kier molecular flexibility index (Phi) is 6.64. The summed E-state index contributed by atoms with van der Waals surface area (Å²) < 4.78 is 1.87. The molecule has 1 aromatic heterocycles. The summed E-state index contributed by atoms with van der Waals surface area (Å²) in [7, 11) is 0. The summed E-state index contributed by atoms with van der Waals surface area (Å²) in [5.74, 6) is 2.38. The topological polar surface area (TPSA) is 54.9 Å². The van der Waals surface area contributed by atoms with Crippen molar-refractivity contribution in [3.05, 3.63) is 0 Å². The summed E-state index contributed by atoms with van der Waals surface area (Å²) in [6.45, 7) is 4.38. The van der Waals surface area contributed by atoms with Gasteiger partial charge in [0.1, 0.15) is 0 Å². The van der Waals surface area contributed by atoms with Crippen molar-refractivity contribution >= 4 is 40.8 Å². The zero-order chi connectivity index (χ0) is 14.4. The molecule has 1 heterocycles. The lowest BCUT2D eigenvalue weighted by Gasteiger charge is -2.26. The number of rotatable bonds is 6. The van der Waals surface area contributed by atoms with Crippen molar-refractivity contribution in [3.63, 3.8) is 0 Å².